The van der Waals surface area contributed by atoms with Crippen molar-refractivity contribution in [1.29, 1.82) is 5.26 Å². The van der Waals surface area contributed by atoms with Crippen molar-refractivity contribution in [2.75, 3.05) is 18.0 Å². The molecule has 204 valence electrons. The molecule has 0 bridgehead atoms. The highest BCUT2D eigenvalue weighted by Gasteiger charge is 2.42. The van der Waals surface area contributed by atoms with Crippen LogP contribution in [0.2, 0.25) is 0 Å². The first-order valence-electron chi connectivity index (χ1n) is 12.2. The fourth-order valence-corrected chi connectivity index (χ4v) is 5.12. The number of pyridine rings is 1. The van der Waals surface area contributed by atoms with Crippen LogP contribution >= 0.6 is 0 Å². The van der Waals surface area contributed by atoms with Gasteiger partial charge in [0.05, 0.1) is 22.2 Å². The van der Waals surface area contributed by atoms with Crippen LogP contribution in [-0.2, 0) is 24.4 Å². The number of nitriles is 1. The van der Waals surface area contributed by atoms with E-state index in [2.05, 4.69) is 20.3 Å². The van der Waals surface area contributed by atoms with Gasteiger partial charge in [-0.15, -0.1) is 10.2 Å². The predicted molar refractivity (Wildman–Crippen MR) is 133 cm³/mol. The Labute approximate surface area is 220 Å². The maximum absolute atomic E-state index is 15.8. The fourth-order valence-electron chi connectivity index (χ4n) is 5.12. The summed E-state index contributed by atoms with van der Waals surface area (Å²) < 4.78 is 75.5. The van der Waals surface area contributed by atoms with E-state index in [1.807, 2.05) is 6.07 Å². The summed E-state index contributed by atoms with van der Waals surface area (Å²) >= 11 is 0. The van der Waals surface area contributed by atoms with Gasteiger partial charge >= 0.3 is 6.18 Å². The molecule has 0 saturated carbocycles. The number of piperidine rings is 1. The molecule has 1 fully saturated rings. The number of fused-ring (bicyclic) bond motifs is 1. The molecule has 8 nitrogen and oxygen atoms in total. The highest BCUT2D eigenvalue weighted by atomic mass is 19.4. The van der Waals surface area contributed by atoms with Crippen LogP contribution in [0.1, 0.15) is 50.7 Å². The fraction of sp³-hybridized carbons (Fsp3) is 0.423. The van der Waals surface area contributed by atoms with E-state index >= 15 is 4.39 Å². The van der Waals surface area contributed by atoms with Gasteiger partial charge in [0.1, 0.15) is 18.2 Å². The Morgan fingerprint density at radius 1 is 1.08 bits per heavy atom. The summed E-state index contributed by atoms with van der Waals surface area (Å²) in [4.78, 5) is 5.92. The van der Waals surface area contributed by atoms with Gasteiger partial charge in [0.2, 0.25) is 0 Å². The third kappa shape index (κ3) is 4.57. The highest BCUT2D eigenvalue weighted by molar-refractivity contribution is 5.89. The van der Waals surface area contributed by atoms with E-state index in [0.29, 0.717) is 5.69 Å². The minimum absolute atomic E-state index is 0.0171. The molecule has 5 rings (SSSR count). The lowest BCUT2D eigenvalue weighted by Gasteiger charge is -2.38. The van der Waals surface area contributed by atoms with Crippen molar-refractivity contribution in [2.24, 2.45) is 7.05 Å². The molecule has 0 radical (unpaired) electrons. The van der Waals surface area contributed by atoms with Crippen molar-refractivity contribution in [3.05, 3.63) is 53.6 Å². The molecule has 0 aliphatic carbocycles. The van der Waals surface area contributed by atoms with Gasteiger partial charge in [-0.05, 0) is 39.0 Å². The smallest absolute Gasteiger partial charge is 0.370 e. The quantitative estimate of drug-likeness (QED) is 0.318. The third-order valence-corrected chi connectivity index (χ3v) is 6.92. The summed E-state index contributed by atoms with van der Waals surface area (Å²) in [6, 6.07) is 5.46. The highest BCUT2D eigenvalue weighted by Crippen LogP contribution is 2.43. The lowest BCUT2D eigenvalue weighted by molar-refractivity contribution is -0.144. The van der Waals surface area contributed by atoms with Gasteiger partial charge in [0.25, 0.3) is 0 Å². The Balaban J connectivity index is 1.63. The predicted octanol–water partition coefficient (Wildman–Crippen LogP) is 5.48. The zero-order valence-corrected chi connectivity index (χ0v) is 21.7. The van der Waals surface area contributed by atoms with Crippen LogP contribution in [0.4, 0.5) is 27.6 Å². The maximum atomic E-state index is 15.8. The topological polar surface area (TPSA) is 88.4 Å². The normalized spacial score (nSPS) is 16.1. The molecule has 1 aliphatic heterocycles. The number of benzene rings is 1. The van der Waals surface area contributed by atoms with E-state index in [0.717, 1.165) is 16.8 Å². The van der Waals surface area contributed by atoms with Crippen molar-refractivity contribution in [3.8, 4) is 17.2 Å². The monoisotopic (exact) mass is 544 g/mol. The van der Waals surface area contributed by atoms with Crippen molar-refractivity contribution in [3.63, 3.8) is 0 Å². The molecule has 1 saturated heterocycles. The average Bonchev–Trinajstić information content (AvgIpc) is 3.47. The zero-order valence-electron chi connectivity index (χ0n) is 21.7. The molecule has 0 N–H and O–H groups in total. The Kier molecular flexibility index (Phi) is 6.12. The van der Waals surface area contributed by atoms with Gasteiger partial charge in [-0.25, -0.2) is 13.8 Å². The number of alkyl halides is 4. The number of rotatable bonds is 3. The lowest BCUT2D eigenvalue weighted by atomic mass is 9.90. The average molecular weight is 545 g/mol. The van der Waals surface area contributed by atoms with Crippen LogP contribution in [0.15, 0.2) is 30.7 Å². The number of aryl methyl sites for hydroxylation is 1. The van der Waals surface area contributed by atoms with Crippen LogP contribution < -0.4 is 4.90 Å². The summed E-state index contributed by atoms with van der Waals surface area (Å²) in [5, 5.41) is 21.3. The van der Waals surface area contributed by atoms with Gasteiger partial charge in [-0.2, -0.15) is 23.5 Å². The third-order valence-electron chi connectivity index (χ3n) is 6.92. The summed E-state index contributed by atoms with van der Waals surface area (Å²) in [7, 11) is 1.65. The SMILES string of the molecule is Cn1cnnc1C1(F)CCN(c2c(C#N)cc(F)cc2-c2cnc3nn(C(C)(C)C)c(C(F)(F)F)c3c2)CC1. The number of anilines is 1. The summed E-state index contributed by atoms with van der Waals surface area (Å²) in [6.45, 7) is 5.10. The summed E-state index contributed by atoms with van der Waals surface area (Å²) in [5.41, 5.74) is -3.17. The lowest BCUT2D eigenvalue weighted by Crippen LogP contribution is -2.42. The van der Waals surface area contributed by atoms with E-state index in [1.54, 1.807) is 32.7 Å². The Hall–Kier alpha value is -4.08. The molecule has 0 unspecified atom stereocenters. The largest absolute Gasteiger partial charge is 0.433 e. The van der Waals surface area contributed by atoms with Gasteiger partial charge in [0.15, 0.2) is 22.8 Å². The second-order valence-electron chi connectivity index (χ2n) is 10.7. The van der Waals surface area contributed by atoms with Crippen LogP contribution in [0.3, 0.4) is 0 Å². The zero-order chi connectivity index (χ0) is 28.3. The molecular weight excluding hydrogens is 519 g/mol. The van der Waals surface area contributed by atoms with Crippen molar-refractivity contribution < 1.29 is 22.0 Å². The molecule has 4 aromatic rings. The van der Waals surface area contributed by atoms with Crippen LogP contribution in [0, 0.1) is 17.1 Å². The number of aromatic nitrogens is 6. The molecule has 13 heteroatoms. The van der Waals surface area contributed by atoms with Gasteiger partial charge in [0, 0.05) is 50.3 Å². The molecular formula is C26H25F5N8. The van der Waals surface area contributed by atoms with Crippen LogP contribution in [0.25, 0.3) is 22.2 Å². The molecule has 0 spiro atoms. The number of nitrogens with zero attached hydrogens (tertiary/aromatic N) is 8. The van der Waals surface area contributed by atoms with Crippen molar-refractivity contribution in [1.82, 2.24) is 29.5 Å². The second kappa shape index (κ2) is 9.00. The Morgan fingerprint density at radius 2 is 1.77 bits per heavy atom. The molecule has 1 aliphatic rings. The number of hydrogen-bond acceptors (Lipinski definition) is 6. The maximum Gasteiger partial charge on any atom is 0.433 e. The number of hydrogen-bond donors (Lipinski definition) is 0. The molecule has 0 amide bonds. The summed E-state index contributed by atoms with van der Waals surface area (Å²) in [6.07, 6.45) is -1.97. The van der Waals surface area contributed by atoms with E-state index < -0.39 is 28.9 Å². The minimum Gasteiger partial charge on any atom is -0.370 e. The first-order valence-corrected chi connectivity index (χ1v) is 12.2. The van der Waals surface area contributed by atoms with Crippen LogP contribution in [0.5, 0.6) is 0 Å². The first-order chi connectivity index (χ1) is 18.2. The first kappa shape index (κ1) is 26.5. The van der Waals surface area contributed by atoms with Gasteiger partial charge < -0.3 is 9.47 Å². The minimum atomic E-state index is -4.73. The molecule has 1 aromatic carbocycles. The van der Waals surface area contributed by atoms with E-state index in [9.17, 15) is 22.8 Å². The molecule has 0 atom stereocenters. The Bertz CT molecular complexity index is 1600. The van der Waals surface area contributed by atoms with E-state index in [1.165, 1.54) is 23.2 Å². The molecule has 39 heavy (non-hydrogen) atoms. The van der Waals surface area contributed by atoms with Gasteiger partial charge in [-0.1, -0.05) is 0 Å². The van der Waals surface area contributed by atoms with Crippen molar-refractivity contribution in [2.45, 2.75) is 51.0 Å². The molecule has 4 heterocycles. The van der Waals surface area contributed by atoms with E-state index in [-0.39, 0.29) is 59.5 Å². The second-order valence-corrected chi connectivity index (χ2v) is 10.7. The summed E-state index contributed by atoms with van der Waals surface area (Å²) in [5.74, 6) is -0.546. The van der Waals surface area contributed by atoms with Crippen LogP contribution in [-0.4, -0.2) is 42.6 Å². The van der Waals surface area contributed by atoms with Gasteiger partial charge in [-0.3, -0.25) is 4.68 Å². The standard InChI is InChI=1S/C26H25F5N8/c1-24(2,3)39-21(26(29,30)31)19-10-16(13-33-22(19)36-39)18-11-17(27)9-15(12-32)20(18)38-7-5-25(28,6-8-38)23-35-34-14-37(23)4/h9-11,13-14H,5-8H2,1-4H3. The number of halogens is 5. The molecule has 3 aromatic heterocycles. The Morgan fingerprint density at radius 3 is 2.33 bits per heavy atom. The van der Waals surface area contributed by atoms with Crippen molar-refractivity contribution >= 4 is 16.7 Å². The van der Waals surface area contributed by atoms with E-state index in [4.69, 9.17) is 0 Å².